The predicted octanol–water partition coefficient (Wildman–Crippen LogP) is 10.9. The minimum Gasteiger partial charge on any atom is -0.456 e. The minimum absolute atomic E-state index is 0.892. The maximum absolute atomic E-state index is 6.54. The zero-order valence-corrected chi connectivity index (χ0v) is 21.3. The summed E-state index contributed by atoms with van der Waals surface area (Å²) in [7, 11) is 0. The van der Waals surface area contributed by atoms with E-state index in [1.54, 1.807) is 0 Å². The van der Waals surface area contributed by atoms with Crippen LogP contribution in [-0.2, 0) is 0 Å². The average molecular weight is 497 g/mol. The van der Waals surface area contributed by atoms with Crippen LogP contribution in [0.2, 0.25) is 0 Å². The van der Waals surface area contributed by atoms with Gasteiger partial charge in [-0.3, -0.25) is 0 Å². The van der Waals surface area contributed by atoms with Gasteiger partial charge in [-0.2, -0.15) is 0 Å². The molecule has 8 rings (SSSR count). The summed E-state index contributed by atoms with van der Waals surface area (Å²) in [5.74, 6) is 0.892. The highest BCUT2D eigenvalue weighted by Gasteiger charge is 2.19. The average Bonchev–Trinajstić information content (AvgIpc) is 3.45. The first kappa shape index (κ1) is 21.9. The molecule has 39 heavy (non-hydrogen) atoms. The Balaban J connectivity index is 1.46. The lowest BCUT2D eigenvalue weighted by molar-refractivity contribution is 0.632. The van der Waals surface area contributed by atoms with E-state index in [1.807, 2.05) is 0 Å². The van der Waals surface area contributed by atoms with Crippen LogP contribution in [0, 0.1) is 0 Å². The Hall–Kier alpha value is -5.14. The second kappa shape index (κ2) is 8.72. The van der Waals surface area contributed by atoms with E-state index in [9.17, 15) is 0 Å². The molecule has 0 fully saturated rings. The van der Waals surface area contributed by atoms with Crippen molar-refractivity contribution in [2.75, 3.05) is 0 Å². The van der Waals surface area contributed by atoms with Gasteiger partial charge in [-0.1, -0.05) is 133 Å². The lowest BCUT2D eigenvalue weighted by atomic mass is 9.85. The lowest BCUT2D eigenvalue weighted by Crippen LogP contribution is -1.90. The molecule has 0 N–H and O–H groups in total. The molecule has 0 bridgehead atoms. The SMILES string of the molecule is c1ccc(-c2c3ccccc3c(-c3cccc4oc(-c5cccc6ccccc56)cc34)c3ccccc23)cc1. The summed E-state index contributed by atoms with van der Waals surface area (Å²) in [5.41, 5.74) is 6.96. The number of hydrogen-bond acceptors (Lipinski definition) is 1. The molecule has 0 aliphatic carbocycles. The Morgan fingerprint density at radius 2 is 0.897 bits per heavy atom. The molecule has 0 radical (unpaired) electrons. The van der Waals surface area contributed by atoms with Crippen LogP contribution in [0.3, 0.4) is 0 Å². The van der Waals surface area contributed by atoms with Crippen LogP contribution in [-0.4, -0.2) is 0 Å². The van der Waals surface area contributed by atoms with Crippen molar-refractivity contribution < 1.29 is 4.42 Å². The number of furan rings is 1. The van der Waals surface area contributed by atoms with Crippen LogP contribution in [0.15, 0.2) is 150 Å². The molecule has 182 valence electrons. The third-order valence-corrected chi connectivity index (χ3v) is 7.88. The van der Waals surface area contributed by atoms with Gasteiger partial charge in [0.2, 0.25) is 0 Å². The lowest BCUT2D eigenvalue weighted by Gasteiger charge is -2.18. The standard InChI is InChI=1S/C38H24O/c1-2-13-26(14-3-1)37-29-17-6-8-19-31(29)38(32-20-9-7-18-30(32)37)33-22-11-23-35-34(33)24-36(39-35)28-21-10-15-25-12-4-5-16-27(25)28/h1-24H. The highest BCUT2D eigenvalue weighted by molar-refractivity contribution is 6.23. The number of fused-ring (bicyclic) bond motifs is 4. The smallest absolute Gasteiger partial charge is 0.136 e. The van der Waals surface area contributed by atoms with Crippen molar-refractivity contribution in [3.8, 4) is 33.6 Å². The monoisotopic (exact) mass is 496 g/mol. The Kier molecular flexibility index (Phi) is 4.89. The first-order chi connectivity index (χ1) is 19.4. The fourth-order valence-corrected chi connectivity index (χ4v) is 6.19. The molecule has 0 amide bonds. The summed E-state index contributed by atoms with van der Waals surface area (Å²) in [5, 5.41) is 8.54. The highest BCUT2D eigenvalue weighted by Crippen LogP contribution is 2.46. The first-order valence-electron chi connectivity index (χ1n) is 13.4. The molecule has 0 saturated carbocycles. The van der Waals surface area contributed by atoms with E-state index in [2.05, 4.69) is 146 Å². The van der Waals surface area contributed by atoms with Crippen molar-refractivity contribution in [1.82, 2.24) is 0 Å². The molecule has 0 saturated heterocycles. The van der Waals surface area contributed by atoms with E-state index >= 15 is 0 Å². The van der Waals surface area contributed by atoms with Crippen LogP contribution in [0.4, 0.5) is 0 Å². The molecule has 1 heterocycles. The van der Waals surface area contributed by atoms with Gasteiger partial charge < -0.3 is 4.42 Å². The molecular weight excluding hydrogens is 472 g/mol. The van der Waals surface area contributed by atoms with Gasteiger partial charge in [0.25, 0.3) is 0 Å². The number of benzene rings is 7. The van der Waals surface area contributed by atoms with E-state index in [4.69, 9.17) is 4.42 Å². The summed E-state index contributed by atoms with van der Waals surface area (Å²) in [6.07, 6.45) is 0. The van der Waals surface area contributed by atoms with Crippen molar-refractivity contribution in [2.45, 2.75) is 0 Å². The largest absolute Gasteiger partial charge is 0.456 e. The fraction of sp³-hybridized carbons (Fsp3) is 0. The van der Waals surface area contributed by atoms with Gasteiger partial charge in [-0.05, 0) is 66.7 Å². The van der Waals surface area contributed by atoms with Gasteiger partial charge in [0.05, 0.1) is 0 Å². The quantitative estimate of drug-likeness (QED) is 0.222. The zero-order valence-electron chi connectivity index (χ0n) is 21.3. The molecule has 1 heteroatoms. The van der Waals surface area contributed by atoms with Crippen LogP contribution >= 0.6 is 0 Å². The fourth-order valence-electron chi connectivity index (χ4n) is 6.19. The second-order valence-corrected chi connectivity index (χ2v) is 10.1. The van der Waals surface area contributed by atoms with Crippen LogP contribution in [0.5, 0.6) is 0 Å². The summed E-state index contributed by atoms with van der Waals surface area (Å²) in [6, 6.07) is 51.9. The summed E-state index contributed by atoms with van der Waals surface area (Å²) >= 11 is 0. The number of hydrogen-bond donors (Lipinski definition) is 0. The minimum atomic E-state index is 0.892. The molecule has 0 unspecified atom stereocenters. The van der Waals surface area contributed by atoms with Gasteiger partial charge in [0.15, 0.2) is 0 Å². The molecule has 1 nitrogen and oxygen atoms in total. The third kappa shape index (κ3) is 3.41. The molecule has 0 aliphatic rings. The van der Waals surface area contributed by atoms with Gasteiger partial charge in [0, 0.05) is 10.9 Å². The molecule has 0 aliphatic heterocycles. The van der Waals surface area contributed by atoms with Gasteiger partial charge >= 0.3 is 0 Å². The molecule has 0 spiro atoms. The van der Waals surface area contributed by atoms with Gasteiger partial charge in [-0.25, -0.2) is 0 Å². The van der Waals surface area contributed by atoms with E-state index in [-0.39, 0.29) is 0 Å². The summed E-state index contributed by atoms with van der Waals surface area (Å²) in [6.45, 7) is 0. The van der Waals surface area contributed by atoms with Crippen molar-refractivity contribution in [3.05, 3.63) is 146 Å². The molecule has 0 atom stereocenters. The van der Waals surface area contributed by atoms with Crippen LogP contribution < -0.4 is 0 Å². The molecule has 7 aromatic carbocycles. The molecule has 1 aromatic heterocycles. The Morgan fingerprint density at radius 1 is 0.359 bits per heavy atom. The summed E-state index contributed by atoms with van der Waals surface area (Å²) in [4.78, 5) is 0. The third-order valence-electron chi connectivity index (χ3n) is 7.88. The summed E-state index contributed by atoms with van der Waals surface area (Å²) < 4.78 is 6.54. The van der Waals surface area contributed by atoms with Crippen molar-refractivity contribution in [1.29, 1.82) is 0 Å². The van der Waals surface area contributed by atoms with Crippen LogP contribution in [0.25, 0.3) is 76.9 Å². The van der Waals surface area contributed by atoms with E-state index < -0.39 is 0 Å². The van der Waals surface area contributed by atoms with E-state index in [0.717, 1.165) is 22.3 Å². The first-order valence-corrected chi connectivity index (χ1v) is 13.4. The zero-order chi connectivity index (χ0) is 25.8. The Labute approximate surface area is 226 Å². The predicted molar refractivity (Wildman–Crippen MR) is 165 cm³/mol. The van der Waals surface area contributed by atoms with Crippen LogP contribution in [0.1, 0.15) is 0 Å². The van der Waals surface area contributed by atoms with Gasteiger partial charge in [0.1, 0.15) is 11.3 Å². The number of rotatable bonds is 3. The van der Waals surface area contributed by atoms with Gasteiger partial charge in [-0.15, -0.1) is 0 Å². The molecular formula is C38H24O. The maximum atomic E-state index is 6.54. The second-order valence-electron chi connectivity index (χ2n) is 10.1. The van der Waals surface area contributed by atoms with Crippen molar-refractivity contribution in [3.63, 3.8) is 0 Å². The maximum Gasteiger partial charge on any atom is 0.136 e. The van der Waals surface area contributed by atoms with Crippen molar-refractivity contribution >= 4 is 43.3 Å². The normalized spacial score (nSPS) is 11.6. The Morgan fingerprint density at radius 3 is 1.62 bits per heavy atom. The van der Waals surface area contributed by atoms with Crippen molar-refractivity contribution in [2.24, 2.45) is 0 Å². The molecule has 8 aromatic rings. The topological polar surface area (TPSA) is 13.1 Å². The highest BCUT2D eigenvalue weighted by atomic mass is 16.3. The van der Waals surface area contributed by atoms with E-state index in [0.29, 0.717) is 0 Å². The van der Waals surface area contributed by atoms with E-state index in [1.165, 1.54) is 54.6 Å². The Bertz CT molecular complexity index is 2100.